The lowest BCUT2D eigenvalue weighted by Gasteiger charge is -2.11. The van der Waals surface area contributed by atoms with Crippen LogP contribution in [0.15, 0.2) is 73.1 Å². The fourth-order valence-corrected chi connectivity index (χ4v) is 2.62. The number of aromatic nitrogens is 1. The maximum absolute atomic E-state index is 12.4. The van der Waals surface area contributed by atoms with Crippen molar-refractivity contribution >= 4 is 17.3 Å². The summed E-state index contributed by atoms with van der Waals surface area (Å²) in [6, 6.07) is 19.8. The highest BCUT2D eigenvalue weighted by molar-refractivity contribution is 5.94. The molecule has 2 N–H and O–H groups in total. The van der Waals surface area contributed by atoms with Gasteiger partial charge in [0.05, 0.1) is 17.4 Å². The van der Waals surface area contributed by atoms with Crippen LogP contribution < -0.4 is 10.6 Å². The van der Waals surface area contributed by atoms with Crippen molar-refractivity contribution in [2.45, 2.75) is 19.9 Å². The van der Waals surface area contributed by atoms with E-state index in [1.165, 1.54) is 5.56 Å². The largest absolute Gasteiger partial charge is 0.354 e. The maximum Gasteiger partial charge on any atom is 0.253 e. The van der Waals surface area contributed by atoms with E-state index in [1.807, 2.05) is 54.6 Å². The molecule has 4 nitrogen and oxygen atoms in total. The summed E-state index contributed by atoms with van der Waals surface area (Å²) in [5, 5.41) is 6.27. The molecular weight excluding hydrogens is 310 g/mol. The second kappa shape index (κ2) is 8.11. The van der Waals surface area contributed by atoms with Gasteiger partial charge in [0.1, 0.15) is 0 Å². The monoisotopic (exact) mass is 331 g/mol. The van der Waals surface area contributed by atoms with E-state index in [9.17, 15) is 4.79 Å². The van der Waals surface area contributed by atoms with Gasteiger partial charge in [0.25, 0.3) is 5.91 Å². The number of nitrogens with zero attached hydrogens (tertiary/aromatic N) is 1. The third-order valence-corrected chi connectivity index (χ3v) is 3.97. The summed E-state index contributed by atoms with van der Waals surface area (Å²) in [7, 11) is 0. The number of carbonyl (C=O) groups is 1. The molecule has 1 amide bonds. The predicted molar refractivity (Wildman–Crippen MR) is 101 cm³/mol. The van der Waals surface area contributed by atoms with E-state index in [-0.39, 0.29) is 5.91 Å². The highest BCUT2D eigenvalue weighted by Crippen LogP contribution is 2.21. The van der Waals surface area contributed by atoms with E-state index in [1.54, 1.807) is 12.4 Å². The maximum atomic E-state index is 12.4. The van der Waals surface area contributed by atoms with Crippen LogP contribution in [0.25, 0.3) is 0 Å². The van der Waals surface area contributed by atoms with Crippen LogP contribution in [0.3, 0.4) is 0 Å². The molecule has 0 radical (unpaired) electrons. The minimum Gasteiger partial charge on any atom is -0.354 e. The number of aryl methyl sites for hydroxylation is 1. The molecule has 0 bridgehead atoms. The molecule has 3 aromatic rings. The molecule has 0 saturated carbocycles. The normalized spacial score (nSPS) is 10.3. The molecule has 0 atom stereocenters. The van der Waals surface area contributed by atoms with Crippen LogP contribution in [0.5, 0.6) is 0 Å². The summed E-state index contributed by atoms with van der Waals surface area (Å²) >= 11 is 0. The number of nitrogens with one attached hydrogen (secondary N) is 2. The van der Waals surface area contributed by atoms with Crippen LogP contribution in [-0.2, 0) is 13.0 Å². The van der Waals surface area contributed by atoms with Crippen molar-refractivity contribution in [1.29, 1.82) is 0 Å². The molecule has 0 saturated heterocycles. The van der Waals surface area contributed by atoms with Gasteiger partial charge in [-0.05, 0) is 29.7 Å². The second-order valence-electron chi connectivity index (χ2n) is 5.77. The van der Waals surface area contributed by atoms with E-state index in [2.05, 4.69) is 28.6 Å². The van der Waals surface area contributed by atoms with Crippen molar-refractivity contribution in [1.82, 2.24) is 10.3 Å². The van der Waals surface area contributed by atoms with Gasteiger partial charge in [0.2, 0.25) is 0 Å². The van der Waals surface area contributed by atoms with Crippen LogP contribution in [-0.4, -0.2) is 10.9 Å². The Kier molecular flexibility index (Phi) is 5.42. The molecule has 0 aliphatic rings. The van der Waals surface area contributed by atoms with E-state index < -0.39 is 0 Å². The average molecular weight is 331 g/mol. The van der Waals surface area contributed by atoms with Crippen molar-refractivity contribution in [3.8, 4) is 0 Å². The van der Waals surface area contributed by atoms with E-state index in [0.717, 1.165) is 23.4 Å². The lowest BCUT2D eigenvalue weighted by atomic mass is 10.1. The predicted octanol–water partition coefficient (Wildman–Crippen LogP) is 4.32. The van der Waals surface area contributed by atoms with Crippen molar-refractivity contribution < 1.29 is 4.79 Å². The van der Waals surface area contributed by atoms with E-state index >= 15 is 0 Å². The Bertz CT molecular complexity index is 847. The summed E-state index contributed by atoms with van der Waals surface area (Å²) in [5.74, 6) is -0.135. The van der Waals surface area contributed by atoms with Crippen LogP contribution >= 0.6 is 0 Å². The van der Waals surface area contributed by atoms with E-state index in [0.29, 0.717) is 12.1 Å². The second-order valence-corrected chi connectivity index (χ2v) is 5.77. The number of anilines is 2. The Hall–Kier alpha value is -3.14. The summed E-state index contributed by atoms with van der Waals surface area (Å²) in [5.41, 5.74) is 4.66. The first-order valence-corrected chi connectivity index (χ1v) is 8.38. The van der Waals surface area contributed by atoms with Gasteiger partial charge in [-0.1, -0.05) is 55.5 Å². The molecule has 0 aliphatic carbocycles. The first-order chi connectivity index (χ1) is 12.3. The zero-order valence-corrected chi connectivity index (χ0v) is 14.2. The molecule has 1 heterocycles. The van der Waals surface area contributed by atoms with Crippen molar-refractivity contribution in [3.05, 3.63) is 89.7 Å². The summed E-state index contributed by atoms with van der Waals surface area (Å²) in [6.45, 7) is 2.61. The first-order valence-electron chi connectivity index (χ1n) is 8.38. The van der Waals surface area contributed by atoms with Crippen molar-refractivity contribution in [3.63, 3.8) is 0 Å². The highest BCUT2D eigenvalue weighted by atomic mass is 16.1. The summed E-state index contributed by atoms with van der Waals surface area (Å²) in [4.78, 5) is 16.6. The highest BCUT2D eigenvalue weighted by Gasteiger charge is 2.08. The minimum atomic E-state index is -0.135. The Labute approximate surface area is 147 Å². The molecule has 0 spiro atoms. The van der Waals surface area contributed by atoms with Gasteiger partial charge in [-0.2, -0.15) is 0 Å². The van der Waals surface area contributed by atoms with E-state index in [4.69, 9.17) is 0 Å². The number of hydrogen-bond acceptors (Lipinski definition) is 3. The number of rotatable bonds is 6. The first kappa shape index (κ1) is 16.7. The number of para-hydroxylation sites is 1. The summed E-state index contributed by atoms with van der Waals surface area (Å²) in [6.07, 6.45) is 4.24. The average Bonchev–Trinajstić information content (AvgIpc) is 2.67. The fraction of sp³-hybridized carbons (Fsp3) is 0.143. The molecule has 1 aromatic heterocycles. The zero-order chi connectivity index (χ0) is 17.5. The van der Waals surface area contributed by atoms with Gasteiger partial charge in [-0.3, -0.25) is 9.78 Å². The Morgan fingerprint density at radius 2 is 1.76 bits per heavy atom. The van der Waals surface area contributed by atoms with Crippen LogP contribution in [0, 0.1) is 0 Å². The van der Waals surface area contributed by atoms with Crippen molar-refractivity contribution in [2.24, 2.45) is 0 Å². The SMILES string of the molecule is CCc1ccccc1Nc1cncc(C(=O)NCc2ccccc2)c1. The third kappa shape index (κ3) is 4.44. The van der Waals surface area contributed by atoms with Crippen LogP contribution in [0.2, 0.25) is 0 Å². The molecule has 4 heteroatoms. The zero-order valence-electron chi connectivity index (χ0n) is 14.2. The standard InChI is InChI=1S/C21H21N3O/c1-2-17-10-6-7-11-20(17)24-19-12-18(14-22-15-19)21(25)23-13-16-8-4-3-5-9-16/h3-12,14-15,24H,2,13H2,1H3,(H,23,25). The Morgan fingerprint density at radius 3 is 2.56 bits per heavy atom. The third-order valence-electron chi connectivity index (χ3n) is 3.97. The summed E-state index contributed by atoms with van der Waals surface area (Å²) < 4.78 is 0. The number of carbonyl (C=O) groups excluding carboxylic acids is 1. The van der Waals surface area contributed by atoms with Gasteiger partial charge in [-0.25, -0.2) is 0 Å². The molecular formula is C21H21N3O. The molecule has 0 fully saturated rings. The smallest absolute Gasteiger partial charge is 0.253 e. The topological polar surface area (TPSA) is 54.0 Å². The quantitative estimate of drug-likeness (QED) is 0.707. The Morgan fingerprint density at radius 1 is 1.00 bits per heavy atom. The van der Waals surface area contributed by atoms with Crippen LogP contribution in [0.4, 0.5) is 11.4 Å². The van der Waals surface area contributed by atoms with Gasteiger partial charge in [-0.15, -0.1) is 0 Å². The van der Waals surface area contributed by atoms with Gasteiger partial charge in [0, 0.05) is 18.4 Å². The lowest BCUT2D eigenvalue weighted by molar-refractivity contribution is 0.0950. The molecule has 3 rings (SSSR count). The Balaban J connectivity index is 1.69. The molecule has 2 aromatic carbocycles. The molecule has 126 valence electrons. The fourth-order valence-electron chi connectivity index (χ4n) is 2.62. The van der Waals surface area contributed by atoms with Crippen LogP contribution in [0.1, 0.15) is 28.4 Å². The number of amides is 1. The van der Waals surface area contributed by atoms with Gasteiger partial charge in [0.15, 0.2) is 0 Å². The minimum absolute atomic E-state index is 0.135. The molecule has 0 aliphatic heterocycles. The number of hydrogen-bond donors (Lipinski definition) is 2. The molecule has 0 unspecified atom stereocenters. The van der Waals surface area contributed by atoms with Gasteiger partial charge >= 0.3 is 0 Å². The number of pyridine rings is 1. The van der Waals surface area contributed by atoms with Gasteiger partial charge < -0.3 is 10.6 Å². The molecule has 25 heavy (non-hydrogen) atoms. The lowest BCUT2D eigenvalue weighted by Crippen LogP contribution is -2.23. The number of benzene rings is 2. The van der Waals surface area contributed by atoms with Crippen molar-refractivity contribution in [2.75, 3.05) is 5.32 Å².